The Morgan fingerprint density at radius 2 is 1.63 bits per heavy atom. The summed E-state index contributed by atoms with van der Waals surface area (Å²) in [5.74, 6) is -0.636. The third-order valence-corrected chi connectivity index (χ3v) is 2.24. The summed E-state index contributed by atoms with van der Waals surface area (Å²) in [6.45, 7) is 0. The highest BCUT2D eigenvalue weighted by Gasteiger charge is 2.29. The third kappa shape index (κ3) is 3.27. The zero-order valence-electron chi connectivity index (χ0n) is 9.48. The van der Waals surface area contributed by atoms with E-state index in [1.165, 1.54) is 24.5 Å². The largest absolute Gasteiger partial charge is 0.416 e. The number of carbonyl (C=O) groups excluding carboxylic acids is 1. The van der Waals surface area contributed by atoms with Gasteiger partial charge in [-0.25, -0.2) is 9.97 Å². The summed E-state index contributed by atoms with van der Waals surface area (Å²) >= 11 is 0. The molecule has 0 saturated heterocycles. The first-order valence-corrected chi connectivity index (χ1v) is 5.22. The van der Waals surface area contributed by atoms with Crippen molar-refractivity contribution in [2.24, 2.45) is 0 Å². The van der Waals surface area contributed by atoms with Gasteiger partial charge >= 0.3 is 6.18 Å². The highest BCUT2D eigenvalue weighted by atomic mass is 19.4. The van der Waals surface area contributed by atoms with Crippen molar-refractivity contribution >= 4 is 11.6 Å². The van der Waals surface area contributed by atoms with Crippen LogP contribution in [0, 0.1) is 0 Å². The van der Waals surface area contributed by atoms with E-state index in [0.29, 0.717) is 0 Å². The van der Waals surface area contributed by atoms with Crippen molar-refractivity contribution < 1.29 is 18.0 Å². The van der Waals surface area contributed by atoms with Gasteiger partial charge in [0.25, 0.3) is 5.91 Å². The van der Waals surface area contributed by atoms with E-state index in [1.807, 2.05) is 0 Å². The number of hydrogen-bond donors (Lipinski definition) is 1. The number of halogens is 3. The molecular formula is C12H8F3N3O. The minimum atomic E-state index is -4.40. The monoisotopic (exact) mass is 267 g/mol. The maximum Gasteiger partial charge on any atom is 0.416 e. The fourth-order valence-electron chi connectivity index (χ4n) is 1.35. The second-order valence-corrected chi connectivity index (χ2v) is 3.60. The van der Waals surface area contributed by atoms with E-state index in [4.69, 9.17) is 0 Å². The molecule has 98 valence electrons. The van der Waals surface area contributed by atoms with Gasteiger partial charge in [0.1, 0.15) is 0 Å². The van der Waals surface area contributed by atoms with Crippen molar-refractivity contribution in [1.29, 1.82) is 0 Å². The molecule has 0 aliphatic carbocycles. The van der Waals surface area contributed by atoms with E-state index >= 15 is 0 Å². The quantitative estimate of drug-likeness (QED) is 0.910. The van der Waals surface area contributed by atoms with Gasteiger partial charge in [-0.1, -0.05) is 0 Å². The van der Waals surface area contributed by atoms with E-state index in [1.54, 1.807) is 6.07 Å². The molecule has 4 nitrogen and oxygen atoms in total. The molecule has 1 N–H and O–H groups in total. The summed E-state index contributed by atoms with van der Waals surface area (Å²) in [4.78, 5) is 19.1. The second kappa shape index (κ2) is 5.05. The average molecular weight is 267 g/mol. The maximum atomic E-state index is 12.3. The van der Waals surface area contributed by atoms with Crippen molar-refractivity contribution in [3.63, 3.8) is 0 Å². The Kier molecular flexibility index (Phi) is 3.46. The highest BCUT2D eigenvalue weighted by Crippen LogP contribution is 2.29. The lowest BCUT2D eigenvalue weighted by Gasteiger charge is -2.08. The molecule has 0 aliphatic heterocycles. The molecule has 1 heterocycles. The molecule has 0 aliphatic rings. The smallest absolute Gasteiger partial charge is 0.319 e. The van der Waals surface area contributed by atoms with Crippen LogP contribution in [0.2, 0.25) is 0 Å². The van der Waals surface area contributed by atoms with Crippen LogP contribution in [-0.2, 0) is 6.18 Å². The molecule has 0 spiro atoms. The van der Waals surface area contributed by atoms with Crippen molar-refractivity contribution in [2.45, 2.75) is 6.18 Å². The number of hydrogen-bond acceptors (Lipinski definition) is 3. The van der Waals surface area contributed by atoms with Gasteiger partial charge in [0.2, 0.25) is 5.82 Å². The molecule has 7 heteroatoms. The number of nitrogens with one attached hydrogen (secondary N) is 1. The first-order valence-electron chi connectivity index (χ1n) is 5.22. The first kappa shape index (κ1) is 13.0. The summed E-state index contributed by atoms with van der Waals surface area (Å²) in [6, 6.07) is 5.67. The lowest BCUT2D eigenvalue weighted by Crippen LogP contribution is -2.15. The van der Waals surface area contributed by atoms with Crippen LogP contribution < -0.4 is 5.32 Å². The molecule has 0 radical (unpaired) electrons. The zero-order valence-corrected chi connectivity index (χ0v) is 9.48. The predicted molar refractivity (Wildman–Crippen MR) is 61.4 cm³/mol. The van der Waals surface area contributed by atoms with Crippen molar-refractivity contribution in [3.05, 3.63) is 54.1 Å². The first-order chi connectivity index (χ1) is 8.97. The number of rotatable bonds is 2. The lowest BCUT2D eigenvalue weighted by atomic mass is 10.2. The van der Waals surface area contributed by atoms with E-state index in [-0.39, 0.29) is 11.5 Å². The minimum Gasteiger partial charge on any atom is -0.319 e. The molecule has 0 unspecified atom stereocenters. The molecular weight excluding hydrogens is 259 g/mol. The van der Waals surface area contributed by atoms with Crippen molar-refractivity contribution in [1.82, 2.24) is 9.97 Å². The highest BCUT2D eigenvalue weighted by molar-refractivity contribution is 6.01. The molecule has 0 saturated carbocycles. The predicted octanol–water partition coefficient (Wildman–Crippen LogP) is 2.75. The molecule has 1 amide bonds. The van der Waals surface area contributed by atoms with Crippen molar-refractivity contribution in [2.75, 3.05) is 5.32 Å². The van der Waals surface area contributed by atoms with Gasteiger partial charge in [0.05, 0.1) is 5.56 Å². The fourth-order valence-corrected chi connectivity index (χ4v) is 1.35. The molecule has 0 atom stereocenters. The van der Waals surface area contributed by atoms with Gasteiger partial charge in [-0.2, -0.15) is 13.2 Å². The molecule has 1 aromatic carbocycles. The molecule has 0 bridgehead atoms. The summed E-state index contributed by atoms with van der Waals surface area (Å²) in [6.07, 6.45) is -1.60. The molecule has 1 aromatic heterocycles. The summed E-state index contributed by atoms with van der Waals surface area (Å²) in [7, 11) is 0. The van der Waals surface area contributed by atoms with Crippen LogP contribution in [0.25, 0.3) is 0 Å². The summed E-state index contributed by atoms with van der Waals surface area (Å²) in [5.41, 5.74) is -0.535. The summed E-state index contributed by atoms with van der Waals surface area (Å²) < 4.78 is 37.0. The van der Waals surface area contributed by atoms with Gasteiger partial charge in [0, 0.05) is 18.1 Å². The summed E-state index contributed by atoms with van der Waals surface area (Å²) in [5, 5.41) is 2.41. The number of alkyl halides is 3. The van der Waals surface area contributed by atoms with Crippen LogP contribution in [0.4, 0.5) is 18.9 Å². The minimum absolute atomic E-state index is 0.0533. The molecule has 2 rings (SSSR count). The van der Waals surface area contributed by atoms with Gasteiger partial charge < -0.3 is 5.32 Å². The van der Waals surface area contributed by atoms with Crippen LogP contribution in [0.1, 0.15) is 16.2 Å². The van der Waals surface area contributed by atoms with Crippen LogP contribution in [0.3, 0.4) is 0 Å². The normalized spacial score (nSPS) is 11.1. The Morgan fingerprint density at radius 3 is 2.16 bits per heavy atom. The van der Waals surface area contributed by atoms with E-state index in [9.17, 15) is 18.0 Å². The molecule has 0 fully saturated rings. The average Bonchev–Trinajstić information content (AvgIpc) is 2.39. The fraction of sp³-hybridized carbons (Fsp3) is 0.0833. The van der Waals surface area contributed by atoms with Crippen molar-refractivity contribution in [3.8, 4) is 0 Å². The zero-order chi connectivity index (χ0) is 13.9. The topological polar surface area (TPSA) is 54.9 Å². The van der Waals surface area contributed by atoms with E-state index in [2.05, 4.69) is 15.3 Å². The SMILES string of the molecule is O=C(Nc1ccc(C(F)(F)F)cc1)c1ncccn1. The maximum absolute atomic E-state index is 12.3. The Hall–Kier alpha value is -2.44. The number of amides is 1. The number of aromatic nitrogens is 2. The lowest BCUT2D eigenvalue weighted by molar-refractivity contribution is -0.137. The number of carbonyl (C=O) groups is 1. The Morgan fingerprint density at radius 1 is 1.05 bits per heavy atom. The molecule has 19 heavy (non-hydrogen) atoms. The third-order valence-electron chi connectivity index (χ3n) is 2.24. The number of anilines is 1. The number of benzene rings is 1. The van der Waals surface area contributed by atoms with Crippen LogP contribution >= 0.6 is 0 Å². The standard InChI is InChI=1S/C12H8F3N3O/c13-12(14,15)8-2-4-9(5-3-8)18-11(19)10-16-6-1-7-17-10/h1-7H,(H,18,19). The van der Waals surface area contributed by atoms with Crippen LogP contribution in [-0.4, -0.2) is 15.9 Å². The van der Waals surface area contributed by atoms with Gasteiger partial charge in [-0.05, 0) is 30.3 Å². The van der Waals surface area contributed by atoms with Crippen LogP contribution in [0.5, 0.6) is 0 Å². The van der Waals surface area contributed by atoms with Gasteiger partial charge in [-0.15, -0.1) is 0 Å². The van der Waals surface area contributed by atoms with E-state index in [0.717, 1.165) is 12.1 Å². The number of nitrogens with zero attached hydrogens (tertiary/aromatic N) is 2. The Labute approximate surface area is 106 Å². The molecule has 2 aromatic rings. The van der Waals surface area contributed by atoms with Crippen LogP contribution in [0.15, 0.2) is 42.7 Å². The van der Waals surface area contributed by atoms with E-state index < -0.39 is 17.6 Å². The van der Waals surface area contributed by atoms with Gasteiger partial charge in [0.15, 0.2) is 0 Å². The van der Waals surface area contributed by atoms with Gasteiger partial charge in [-0.3, -0.25) is 4.79 Å². The Bertz CT molecular complexity index is 567. The Balaban J connectivity index is 2.10. The second-order valence-electron chi connectivity index (χ2n) is 3.60.